The van der Waals surface area contributed by atoms with Gasteiger partial charge in [0, 0.05) is 29.8 Å². The highest BCUT2D eigenvalue weighted by Gasteiger charge is 2.22. The van der Waals surface area contributed by atoms with Crippen molar-refractivity contribution in [3.05, 3.63) is 71.9 Å². The van der Waals surface area contributed by atoms with E-state index in [1.807, 2.05) is 58.0 Å². The topological polar surface area (TPSA) is 129 Å². The molecule has 11 heteroatoms. The average Bonchev–Trinajstić information content (AvgIpc) is 3.42. The van der Waals surface area contributed by atoms with E-state index in [2.05, 4.69) is 25.7 Å². The average molecular weight is 514 g/mol. The molecule has 3 aromatic heterocycles. The molecule has 0 aliphatic rings. The number of benzene rings is 2. The summed E-state index contributed by atoms with van der Waals surface area (Å²) in [4.78, 5) is 21.1. The van der Waals surface area contributed by atoms with E-state index < -0.39 is 11.8 Å². The van der Waals surface area contributed by atoms with Gasteiger partial charge in [0.15, 0.2) is 5.65 Å². The van der Waals surface area contributed by atoms with Crippen molar-refractivity contribution in [2.24, 2.45) is 7.05 Å². The molecule has 0 atom stereocenters. The number of nitrogen functional groups attached to an aromatic ring is 1. The summed E-state index contributed by atoms with van der Waals surface area (Å²) in [5, 5.41) is 15.1. The molecule has 194 valence electrons. The Bertz CT molecular complexity index is 1660. The number of anilines is 3. The van der Waals surface area contributed by atoms with Crippen LogP contribution < -0.4 is 16.4 Å². The van der Waals surface area contributed by atoms with Gasteiger partial charge in [-0.1, -0.05) is 38.5 Å². The van der Waals surface area contributed by atoms with Crippen LogP contribution in [-0.2, 0) is 12.5 Å². The number of nitrogens with two attached hydrogens (primary N) is 1. The number of nitrogens with one attached hydrogen (secondary N) is 2. The van der Waals surface area contributed by atoms with Crippen LogP contribution in [0.15, 0.2) is 54.9 Å². The van der Waals surface area contributed by atoms with Crippen LogP contribution in [0, 0.1) is 12.7 Å². The standard InChI is InChI=1S/C27H28FN9O/c1-15-6-9-17(10-7-15)37-21(13-20(34-37)27(2,3)4)33-26(38)32-16-8-11-18(19(28)12-16)23-22-24(29)30-14-31-25(22)36(5)35-23/h6-14H,1-5H3,(H2,29,30,31)(H2,32,33,38). The summed E-state index contributed by atoms with van der Waals surface area (Å²) in [6.45, 7) is 8.15. The normalized spacial score (nSPS) is 11.6. The molecule has 0 unspecified atom stereocenters. The van der Waals surface area contributed by atoms with Crippen molar-refractivity contribution < 1.29 is 9.18 Å². The number of aryl methyl sites for hydroxylation is 2. The van der Waals surface area contributed by atoms with Crippen LogP contribution >= 0.6 is 0 Å². The molecule has 2 aromatic carbocycles. The fourth-order valence-corrected chi connectivity index (χ4v) is 4.08. The zero-order valence-corrected chi connectivity index (χ0v) is 21.7. The predicted molar refractivity (Wildman–Crippen MR) is 146 cm³/mol. The van der Waals surface area contributed by atoms with Crippen LogP contribution in [0.4, 0.5) is 26.5 Å². The first kappa shape index (κ1) is 24.9. The van der Waals surface area contributed by atoms with Crippen molar-refractivity contribution in [3.63, 3.8) is 0 Å². The molecule has 5 aromatic rings. The van der Waals surface area contributed by atoms with Crippen molar-refractivity contribution in [3.8, 4) is 16.9 Å². The third kappa shape index (κ3) is 4.65. The lowest BCUT2D eigenvalue weighted by molar-refractivity contribution is 0.262. The van der Waals surface area contributed by atoms with E-state index in [-0.39, 0.29) is 22.5 Å². The Kier molecular flexibility index (Phi) is 6.06. The summed E-state index contributed by atoms with van der Waals surface area (Å²) in [6.07, 6.45) is 1.33. The monoisotopic (exact) mass is 513 g/mol. The van der Waals surface area contributed by atoms with Gasteiger partial charge in [-0.2, -0.15) is 10.2 Å². The third-order valence-corrected chi connectivity index (χ3v) is 6.13. The largest absolute Gasteiger partial charge is 0.383 e. The molecule has 4 N–H and O–H groups in total. The van der Waals surface area contributed by atoms with Gasteiger partial charge in [-0.15, -0.1) is 0 Å². The Hall–Kier alpha value is -4.80. The molecule has 0 bridgehead atoms. The van der Waals surface area contributed by atoms with Crippen LogP contribution in [0.2, 0.25) is 0 Å². The van der Waals surface area contributed by atoms with Gasteiger partial charge in [0.2, 0.25) is 0 Å². The zero-order chi connectivity index (χ0) is 27.2. The highest BCUT2D eigenvalue weighted by atomic mass is 19.1. The number of aromatic nitrogens is 6. The second-order valence-corrected chi connectivity index (χ2v) is 10.1. The van der Waals surface area contributed by atoms with E-state index >= 15 is 4.39 Å². The van der Waals surface area contributed by atoms with Gasteiger partial charge in [0.05, 0.1) is 16.8 Å². The summed E-state index contributed by atoms with van der Waals surface area (Å²) >= 11 is 0. The minimum absolute atomic E-state index is 0.207. The lowest BCUT2D eigenvalue weighted by Gasteiger charge is -2.14. The Morgan fingerprint density at radius 3 is 2.42 bits per heavy atom. The van der Waals surface area contributed by atoms with E-state index in [9.17, 15) is 4.79 Å². The van der Waals surface area contributed by atoms with Gasteiger partial charge in [0.25, 0.3) is 0 Å². The van der Waals surface area contributed by atoms with Gasteiger partial charge in [-0.3, -0.25) is 5.32 Å². The van der Waals surface area contributed by atoms with Crippen LogP contribution in [-0.4, -0.2) is 35.6 Å². The smallest absolute Gasteiger partial charge is 0.324 e. The van der Waals surface area contributed by atoms with E-state index in [4.69, 9.17) is 10.8 Å². The molecule has 38 heavy (non-hydrogen) atoms. The van der Waals surface area contributed by atoms with Crippen molar-refractivity contribution in [1.82, 2.24) is 29.5 Å². The zero-order valence-electron chi connectivity index (χ0n) is 21.7. The van der Waals surface area contributed by atoms with Gasteiger partial charge in [-0.05, 0) is 37.3 Å². The number of hydrogen-bond donors (Lipinski definition) is 3. The van der Waals surface area contributed by atoms with Gasteiger partial charge < -0.3 is 11.1 Å². The van der Waals surface area contributed by atoms with E-state index in [1.54, 1.807) is 17.8 Å². The fourth-order valence-electron chi connectivity index (χ4n) is 4.08. The molecule has 0 fully saturated rings. The first-order chi connectivity index (χ1) is 18.0. The minimum Gasteiger partial charge on any atom is -0.383 e. The van der Waals surface area contributed by atoms with Crippen molar-refractivity contribution in [2.45, 2.75) is 33.1 Å². The highest BCUT2D eigenvalue weighted by Crippen LogP contribution is 2.32. The molecule has 3 heterocycles. The lowest BCUT2D eigenvalue weighted by Crippen LogP contribution is -2.21. The molecule has 0 saturated carbocycles. The number of carbonyl (C=O) groups is 1. The van der Waals surface area contributed by atoms with Gasteiger partial charge in [-0.25, -0.2) is 28.5 Å². The van der Waals surface area contributed by atoms with Crippen molar-refractivity contribution in [2.75, 3.05) is 16.4 Å². The summed E-state index contributed by atoms with van der Waals surface area (Å²) in [5.74, 6) is 0.119. The third-order valence-electron chi connectivity index (χ3n) is 6.13. The van der Waals surface area contributed by atoms with Crippen molar-refractivity contribution in [1.29, 1.82) is 0 Å². The number of halogens is 1. The summed E-state index contributed by atoms with van der Waals surface area (Å²) in [6, 6.07) is 13.5. The number of carbonyl (C=O) groups excluding carboxylic acids is 1. The van der Waals surface area contributed by atoms with E-state index in [0.717, 1.165) is 16.9 Å². The Morgan fingerprint density at radius 1 is 1.00 bits per heavy atom. The molecule has 0 saturated heterocycles. The second-order valence-electron chi connectivity index (χ2n) is 10.1. The van der Waals surface area contributed by atoms with Crippen LogP contribution in [0.5, 0.6) is 0 Å². The number of fused-ring (bicyclic) bond motifs is 1. The SMILES string of the molecule is Cc1ccc(-n2nc(C(C)(C)C)cc2NC(=O)Nc2ccc(-c3nn(C)c4ncnc(N)c34)c(F)c2)cc1. The molecule has 0 aliphatic carbocycles. The maximum Gasteiger partial charge on any atom is 0.324 e. The van der Waals surface area contributed by atoms with E-state index in [1.165, 1.54) is 23.1 Å². The number of rotatable bonds is 4. The Labute approximate surface area is 218 Å². The molecule has 2 amide bonds. The molecule has 0 aliphatic heterocycles. The maximum absolute atomic E-state index is 15.2. The number of nitrogens with zero attached hydrogens (tertiary/aromatic N) is 6. The van der Waals surface area contributed by atoms with Gasteiger partial charge in [0.1, 0.15) is 29.5 Å². The number of amides is 2. The molecule has 0 radical (unpaired) electrons. The van der Waals surface area contributed by atoms with Crippen LogP contribution in [0.1, 0.15) is 32.0 Å². The summed E-state index contributed by atoms with van der Waals surface area (Å²) < 4.78 is 18.4. The second kappa shape index (κ2) is 9.25. The molecular formula is C27H28FN9O. The Balaban J connectivity index is 1.41. The molecule has 5 rings (SSSR count). The first-order valence-corrected chi connectivity index (χ1v) is 12.0. The fraction of sp³-hybridized carbons (Fsp3) is 0.222. The van der Waals surface area contributed by atoms with Crippen molar-refractivity contribution >= 4 is 34.4 Å². The lowest BCUT2D eigenvalue weighted by atomic mass is 9.92. The molecule has 10 nitrogen and oxygen atoms in total. The summed E-state index contributed by atoms with van der Waals surface area (Å²) in [5.41, 5.74) is 9.83. The minimum atomic E-state index is -0.578. The highest BCUT2D eigenvalue weighted by molar-refractivity contribution is 6.01. The first-order valence-electron chi connectivity index (χ1n) is 12.0. The number of hydrogen-bond acceptors (Lipinski definition) is 6. The van der Waals surface area contributed by atoms with Gasteiger partial charge >= 0.3 is 6.03 Å². The number of urea groups is 1. The molecule has 0 spiro atoms. The summed E-state index contributed by atoms with van der Waals surface area (Å²) in [7, 11) is 1.70. The van der Waals surface area contributed by atoms with Crippen LogP contribution in [0.25, 0.3) is 28.0 Å². The predicted octanol–water partition coefficient (Wildman–Crippen LogP) is 5.19. The van der Waals surface area contributed by atoms with Crippen LogP contribution in [0.3, 0.4) is 0 Å². The quantitative estimate of drug-likeness (QED) is 0.303. The van der Waals surface area contributed by atoms with E-state index in [0.29, 0.717) is 22.5 Å². The molecular weight excluding hydrogens is 485 g/mol. The maximum atomic E-state index is 15.2. The Morgan fingerprint density at radius 2 is 1.74 bits per heavy atom.